The number of imidazole rings is 1. The lowest BCUT2D eigenvalue weighted by atomic mass is 10.5. The van der Waals surface area contributed by atoms with Crippen LogP contribution < -0.4 is 4.74 Å². The summed E-state index contributed by atoms with van der Waals surface area (Å²) >= 11 is 0. The Bertz CT molecular complexity index is 466. The maximum absolute atomic E-state index is 10.5. The molecule has 2 aromatic heterocycles. The van der Waals surface area contributed by atoms with Gasteiger partial charge in [-0.25, -0.2) is 9.78 Å². The predicted octanol–water partition coefficient (Wildman–Crippen LogP) is 1.30. The number of nitrogens with one attached hydrogen (secondary N) is 1. The molecule has 0 saturated carbocycles. The zero-order valence-corrected chi connectivity index (χ0v) is 7.54. The minimum atomic E-state index is -1.08. The van der Waals surface area contributed by atoms with E-state index < -0.39 is 5.97 Å². The number of rotatable bonds is 3. The maximum Gasteiger partial charge on any atom is 0.354 e. The first-order valence-corrected chi connectivity index (χ1v) is 4.12. The molecule has 2 N–H and O–H groups in total. The maximum atomic E-state index is 10.5. The third-order valence-electron chi connectivity index (χ3n) is 1.63. The lowest BCUT2D eigenvalue weighted by Gasteiger charge is -1.98. The highest BCUT2D eigenvalue weighted by atomic mass is 16.5. The number of carbonyl (C=O) groups is 1. The molecule has 0 aliphatic rings. The third kappa shape index (κ3) is 2.11. The van der Waals surface area contributed by atoms with Gasteiger partial charge in [-0.2, -0.15) is 0 Å². The average Bonchev–Trinajstić information content (AvgIpc) is 2.68. The van der Waals surface area contributed by atoms with Crippen molar-refractivity contribution < 1.29 is 14.6 Å². The molecule has 0 fully saturated rings. The van der Waals surface area contributed by atoms with Crippen molar-refractivity contribution in [3.05, 3.63) is 36.4 Å². The quantitative estimate of drug-likeness (QED) is 0.788. The molecule has 0 atom stereocenters. The molecule has 2 aromatic rings. The van der Waals surface area contributed by atoms with E-state index in [1.54, 1.807) is 18.3 Å². The van der Waals surface area contributed by atoms with Crippen LogP contribution in [0, 0.1) is 0 Å². The number of carboxylic acid groups (broad SMARTS) is 1. The van der Waals surface area contributed by atoms with Gasteiger partial charge in [-0.3, -0.25) is 4.98 Å². The van der Waals surface area contributed by atoms with Crippen LogP contribution in [0.5, 0.6) is 11.8 Å². The summed E-state index contributed by atoms with van der Waals surface area (Å²) in [4.78, 5) is 20.6. The Balaban J connectivity index is 2.15. The Hall–Kier alpha value is -2.37. The Kier molecular flexibility index (Phi) is 2.32. The Morgan fingerprint density at radius 2 is 2.33 bits per heavy atom. The molecule has 0 radical (unpaired) electrons. The van der Waals surface area contributed by atoms with Crippen molar-refractivity contribution in [2.75, 3.05) is 0 Å². The van der Waals surface area contributed by atoms with E-state index in [0.29, 0.717) is 5.75 Å². The van der Waals surface area contributed by atoms with Crippen molar-refractivity contribution >= 4 is 5.97 Å². The molecular weight excluding hydrogens is 198 g/mol. The molecule has 0 spiro atoms. The summed E-state index contributed by atoms with van der Waals surface area (Å²) in [5, 5.41) is 8.63. The van der Waals surface area contributed by atoms with Crippen LogP contribution >= 0.6 is 0 Å². The first-order valence-electron chi connectivity index (χ1n) is 4.12. The zero-order chi connectivity index (χ0) is 10.7. The normalized spacial score (nSPS) is 9.87. The standard InChI is InChI=1S/C9H7N3O3/c13-8(14)7-5-11-9(12-7)15-6-2-1-3-10-4-6/h1-5H,(H,11,12)(H,13,14). The van der Waals surface area contributed by atoms with Crippen LogP contribution in [0.4, 0.5) is 0 Å². The largest absolute Gasteiger partial charge is 0.477 e. The third-order valence-corrected chi connectivity index (χ3v) is 1.63. The fourth-order valence-corrected chi connectivity index (χ4v) is 0.983. The van der Waals surface area contributed by atoms with Gasteiger partial charge in [0.2, 0.25) is 0 Å². The van der Waals surface area contributed by atoms with Crippen molar-refractivity contribution in [1.29, 1.82) is 0 Å². The fourth-order valence-electron chi connectivity index (χ4n) is 0.983. The monoisotopic (exact) mass is 205 g/mol. The molecule has 0 unspecified atom stereocenters. The Labute approximate surface area is 84.6 Å². The second kappa shape index (κ2) is 3.79. The molecule has 76 valence electrons. The zero-order valence-electron chi connectivity index (χ0n) is 7.54. The van der Waals surface area contributed by atoms with E-state index in [2.05, 4.69) is 15.0 Å². The number of aromatic nitrogens is 3. The second-order valence-electron chi connectivity index (χ2n) is 2.70. The van der Waals surface area contributed by atoms with Crippen molar-refractivity contribution in [3.63, 3.8) is 0 Å². The Morgan fingerprint density at radius 3 is 2.93 bits per heavy atom. The molecule has 0 saturated heterocycles. The summed E-state index contributed by atoms with van der Waals surface area (Å²) in [5.74, 6) is -0.590. The summed E-state index contributed by atoms with van der Waals surface area (Å²) in [5.41, 5.74) is -0.0195. The number of hydrogen-bond donors (Lipinski definition) is 2. The fraction of sp³-hybridized carbons (Fsp3) is 0. The number of pyridine rings is 1. The smallest absolute Gasteiger partial charge is 0.354 e. The van der Waals surface area contributed by atoms with Gasteiger partial charge in [0.05, 0.1) is 12.4 Å². The van der Waals surface area contributed by atoms with Crippen LogP contribution in [-0.2, 0) is 0 Å². The summed E-state index contributed by atoms with van der Waals surface area (Å²) < 4.78 is 5.22. The minimum Gasteiger partial charge on any atom is -0.477 e. The number of aromatic carboxylic acids is 1. The van der Waals surface area contributed by atoms with E-state index in [9.17, 15) is 4.79 Å². The first kappa shape index (κ1) is 9.20. The van der Waals surface area contributed by atoms with Crippen molar-refractivity contribution in [2.45, 2.75) is 0 Å². The highest BCUT2D eigenvalue weighted by molar-refractivity contribution is 5.85. The van der Waals surface area contributed by atoms with Gasteiger partial charge < -0.3 is 14.8 Å². The van der Waals surface area contributed by atoms with Crippen LogP contribution in [0.2, 0.25) is 0 Å². The molecular formula is C9H7N3O3. The highest BCUT2D eigenvalue weighted by Gasteiger charge is 2.08. The van der Waals surface area contributed by atoms with E-state index in [1.165, 1.54) is 12.4 Å². The predicted molar refractivity (Wildman–Crippen MR) is 49.9 cm³/mol. The van der Waals surface area contributed by atoms with Gasteiger partial charge in [-0.1, -0.05) is 0 Å². The number of carboxylic acids is 1. The molecule has 0 aromatic carbocycles. The van der Waals surface area contributed by atoms with Crippen LogP contribution in [0.1, 0.15) is 10.5 Å². The van der Waals surface area contributed by atoms with E-state index in [0.717, 1.165) is 0 Å². The summed E-state index contributed by atoms with van der Waals surface area (Å²) in [6.45, 7) is 0. The molecule has 6 heteroatoms. The lowest BCUT2D eigenvalue weighted by Crippen LogP contribution is -1.95. The van der Waals surface area contributed by atoms with Crippen LogP contribution in [0.3, 0.4) is 0 Å². The molecule has 0 bridgehead atoms. The minimum absolute atomic E-state index is 0.0195. The van der Waals surface area contributed by atoms with Crippen molar-refractivity contribution in [3.8, 4) is 11.8 Å². The van der Waals surface area contributed by atoms with E-state index >= 15 is 0 Å². The first-order chi connectivity index (χ1) is 7.25. The topological polar surface area (TPSA) is 88.1 Å². The van der Waals surface area contributed by atoms with E-state index in [-0.39, 0.29) is 11.7 Å². The van der Waals surface area contributed by atoms with Gasteiger partial charge in [0.1, 0.15) is 11.4 Å². The second-order valence-corrected chi connectivity index (χ2v) is 2.70. The van der Waals surface area contributed by atoms with Crippen molar-refractivity contribution in [2.24, 2.45) is 0 Å². The highest BCUT2D eigenvalue weighted by Crippen LogP contribution is 2.15. The Morgan fingerprint density at radius 1 is 1.47 bits per heavy atom. The van der Waals surface area contributed by atoms with Crippen LogP contribution in [0.25, 0.3) is 0 Å². The van der Waals surface area contributed by atoms with Crippen LogP contribution in [0.15, 0.2) is 30.7 Å². The van der Waals surface area contributed by atoms with E-state index in [1.807, 2.05) is 0 Å². The molecule has 15 heavy (non-hydrogen) atoms. The summed E-state index contributed by atoms with van der Waals surface area (Å²) in [7, 11) is 0. The molecule has 6 nitrogen and oxygen atoms in total. The van der Waals surface area contributed by atoms with Gasteiger partial charge in [-0.05, 0) is 12.1 Å². The molecule has 0 aliphatic heterocycles. The number of ether oxygens (including phenoxy) is 1. The van der Waals surface area contributed by atoms with E-state index in [4.69, 9.17) is 9.84 Å². The molecule has 0 aliphatic carbocycles. The number of aromatic amines is 1. The number of nitrogens with zero attached hydrogens (tertiary/aromatic N) is 2. The molecule has 2 heterocycles. The van der Waals surface area contributed by atoms with Gasteiger partial charge in [-0.15, -0.1) is 0 Å². The average molecular weight is 205 g/mol. The SMILES string of the molecule is O=C(O)c1cnc(Oc2cccnc2)[nH]1. The lowest BCUT2D eigenvalue weighted by molar-refractivity contribution is 0.0690. The van der Waals surface area contributed by atoms with Gasteiger partial charge >= 0.3 is 5.97 Å². The van der Waals surface area contributed by atoms with Crippen LogP contribution in [-0.4, -0.2) is 26.0 Å². The van der Waals surface area contributed by atoms with Gasteiger partial charge in [0.25, 0.3) is 6.01 Å². The summed E-state index contributed by atoms with van der Waals surface area (Å²) in [6, 6.07) is 3.52. The summed E-state index contributed by atoms with van der Waals surface area (Å²) in [6.07, 6.45) is 4.30. The number of hydrogen-bond acceptors (Lipinski definition) is 4. The van der Waals surface area contributed by atoms with Crippen molar-refractivity contribution in [1.82, 2.24) is 15.0 Å². The van der Waals surface area contributed by atoms with Gasteiger partial charge in [0.15, 0.2) is 0 Å². The molecule has 0 amide bonds. The van der Waals surface area contributed by atoms with Gasteiger partial charge in [0, 0.05) is 6.20 Å². The number of H-pyrrole nitrogens is 1. The molecule has 2 rings (SSSR count).